The molecular weight excluding hydrogens is 188 g/mol. The second-order valence-corrected chi connectivity index (χ2v) is 5.99. The summed E-state index contributed by atoms with van der Waals surface area (Å²) < 4.78 is 23.1. The van der Waals surface area contributed by atoms with Crippen LogP contribution in [0, 0.1) is 0 Å². The van der Waals surface area contributed by atoms with E-state index in [9.17, 15) is 13.2 Å². The largest absolute Gasteiger partial charge is 0.295 e. The lowest BCUT2D eigenvalue weighted by molar-refractivity contribution is -0.115. The van der Waals surface area contributed by atoms with Crippen LogP contribution in [-0.4, -0.2) is 25.2 Å². The Labute approximate surface area is 77.7 Å². The van der Waals surface area contributed by atoms with E-state index in [1.54, 1.807) is 6.08 Å². The molecule has 1 heterocycles. The number of rotatable bonds is 0. The summed E-state index contributed by atoms with van der Waals surface area (Å²) in [6.07, 6.45) is 3.92. The maximum atomic E-state index is 11.6. The van der Waals surface area contributed by atoms with Gasteiger partial charge in [-0.3, -0.25) is 4.79 Å². The Kier molecular flexibility index (Phi) is 2.02. The number of hydrogen-bond acceptors (Lipinski definition) is 3. The van der Waals surface area contributed by atoms with Crippen molar-refractivity contribution >= 4 is 15.6 Å². The van der Waals surface area contributed by atoms with Crippen molar-refractivity contribution in [2.75, 3.05) is 5.75 Å². The van der Waals surface area contributed by atoms with Crippen LogP contribution in [-0.2, 0) is 14.6 Å². The minimum absolute atomic E-state index is 0.0864. The molecule has 0 spiro atoms. The molecule has 1 aliphatic carbocycles. The van der Waals surface area contributed by atoms with Crippen molar-refractivity contribution in [3.8, 4) is 0 Å². The molecule has 2 rings (SSSR count). The van der Waals surface area contributed by atoms with Crippen LogP contribution in [0.3, 0.4) is 0 Å². The summed E-state index contributed by atoms with van der Waals surface area (Å²) >= 11 is 0. The molecule has 0 aromatic rings. The lowest BCUT2D eigenvalue weighted by Crippen LogP contribution is -2.33. The maximum absolute atomic E-state index is 11.6. The van der Waals surface area contributed by atoms with E-state index >= 15 is 0 Å². The van der Waals surface area contributed by atoms with Crippen LogP contribution >= 0.6 is 0 Å². The number of ketones is 1. The first-order valence-electron chi connectivity index (χ1n) is 4.54. The van der Waals surface area contributed by atoms with Crippen molar-refractivity contribution in [2.24, 2.45) is 0 Å². The van der Waals surface area contributed by atoms with E-state index in [2.05, 4.69) is 0 Å². The quantitative estimate of drug-likeness (QED) is 0.582. The number of sulfone groups is 1. The van der Waals surface area contributed by atoms with Crippen molar-refractivity contribution in [1.82, 2.24) is 0 Å². The van der Waals surface area contributed by atoms with Gasteiger partial charge in [-0.1, -0.05) is 0 Å². The van der Waals surface area contributed by atoms with Gasteiger partial charge in [0, 0.05) is 6.42 Å². The Morgan fingerprint density at radius 3 is 2.85 bits per heavy atom. The van der Waals surface area contributed by atoms with Crippen LogP contribution in [0.1, 0.15) is 25.7 Å². The predicted molar refractivity (Wildman–Crippen MR) is 49.1 cm³/mol. The van der Waals surface area contributed by atoms with Gasteiger partial charge in [-0.2, -0.15) is 0 Å². The number of carbonyl (C=O) groups excluding carboxylic acids is 1. The zero-order chi connectivity index (χ0) is 9.47. The molecule has 1 atom stereocenters. The van der Waals surface area contributed by atoms with Crippen molar-refractivity contribution < 1.29 is 13.2 Å². The molecular formula is C9H12O3S. The second-order valence-electron chi connectivity index (χ2n) is 3.68. The normalized spacial score (nSPS) is 32.2. The zero-order valence-electron chi connectivity index (χ0n) is 7.32. The first kappa shape index (κ1) is 8.94. The highest BCUT2D eigenvalue weighted by molar-refractivity contribution is 7.92. The van der Waals surface area contributed by atoms with E-state index in [1.165, 1.54) is 0 Å². The van der Waals surface area contributed by atoms with Gasteiger partial charge in [0.25, 0.3) is 0 Å². The average Bonchev–Trinajstić information content (AvgIpc) is 2.02. The Hall–Kier alpha value is -0.640. The lowest BCUT2D eigenvalue weighted by atomic mass is 9.94. The third-order valence-corrected chi connectivity index (χ3v) is 5.00. The first-order chi connectivity index (χ1) is 6.09. The smallest absolute Gasteiger partial charge is 0.157 e. The van der Waals surface area contributed by atoms with Gasteiger partial charge in [0.05, 0.1) is 11.0 Å². The number of fused-ring (bicyclic) bond motifs is 1. The minimum Gasteiger partial charge on any atom is -0.295 e. The summed E-state index contributed by atoms with van der Waals surface area (Å²) in [5, 5.41) is -0.334. The maximum Gasteiger partial charge on any atom is 0.157 e. The van der Waals surface area contributed by atoms with Crippen LogP contribution in [0.15, 0.2) is 11.6 Å². The van der Waals surface area contributed by atoms with Crippen LogP contribution in [0.4, 0.5) is 0 Å². The summed E-state index contributed by atoms with van der Waals surface area (Å²) in [5.74, 6) is 0.381. The molecule has 72 valence electrons. The molecule has 0 N–H and O–H groups in total. The molecule has 4 heteroatoms. The third-order valence-electron chi connectivity index (χ3n) is 2.74. The van der Waals surface area contributed by atoms with Gasteiger partial charge in [0.2, 0.25) is 0 Å². The fraction of sp³-hybridized carbons (Fsp3) is 0.667. The average molecular weight is 200 g/mol. The molecule has 1 fully saturated rings. The molecule has 2 aliphatic rings. The van der Waals surface area contributed by atoms with Crippen LogP contribution in [0.5, 0.6) is 0 Å². The highest BCUT2D eigenvalue weighted by Crippen LogP contribution is 2.31. The first-order valence-corrected chi connectivity index (χ1v) is 6.26. The monoisotopic (exact) mass is 200 g/mol. The summed E-state index contributed by atoms with van der Waals surface area (Å²) in [6, 6.07) is 0. The summed E-state index contributed by atoms with van der Waals surface area (Å²) in [4.78, 5) is 11.1. The Morgan fingerprint density at radius 1 is 1.31 bits per heavy atom. The Morgan fingerprint density at radius 2 is 2.08 bits per heavy atom. The van der Waals surface area contributed by atoms with E-state index in [1.807, 2.05) is 0 Å². The third kappa shape index (κ3) is 1.55. The topological polar surface area (TPSA) is 51.2 Å². The summed E-state index contributed by atoms with van der Waals surface area (Å²) in [5.41, 5.74) is 0.850. The van der Waals surface area contributed by atoms with Crippen LogP contribution < -0.4 is 0 Å². The van der Waals surface area contributed by atoms with Crippen molar-refractivity contribution in [1.29, 1.82) is 0 Å². The molecule has 0 amide bonds. The number of hydrogen-bond donors (Lipinski definition) is 0. The molecule has 1 unspecified atom stereocenters. The number of allylic oxidation sites excluding steroid dienone is 1. The molecule has 0 aromatic carbocycles. The number of carbonyl (C=O) groups is 1. The molecule has 13 heavy (non-hydrogen) atoms. The highest BCUT2D eigenvalue weighted by Gasteiger charge is 2.35. The minimum atomic E-state index is -2.93. The van der Waals surface area contributed by atoms with E-state index in [-0.39, 0.29) is 11.0 Å². The molecule has 0 aromatic heterocycles. The fourth-order valence-corrected chi connectivity index (χ4v) is 4.05. The Balaban J connectivity index is 2.39. The SMILES string of the molecule is O=C1C=C2CCCS(=O)(=O)C2CC1. The predicted octanol–water partition coefficient (Wildman–Crippen LogP) is 0.853. The molecule has 1 saturated heterocycles. The van der Waals surface area contributed by atoms with Crippen molar-refractivity contribution in [3.05, 3.63) is 11.6 Å². The highest BCUT2D eigenvalue weighted by atomic mass is 32.2. The molecule has 1 aliphatic heterocycles. The van der Waals surface area contributed by atoms with Crippen LogP contribution in [0.2, 0.25) is 0 Å². The van der Waals surface area contributed by atoms with Gasteiger partial charge >= 0.3 is 0 Å². The second kappa shape index (κ2) is 2.94. The molecule has 0 saturated carbocycles. The van der Waals surface area contributed by atoms with E-state index in [0.717, 1.165) is 12.0 Å². The van der Waals surface area contributed by atoms with Crippen molar-refractivity contribution in [2.45, 2.75) is 30.9 Å². The van der Waals surface area contributed by atoms with Gasteiger partial charge in [-0.25, -0.2) is 8.42 Å². The lowest BCUT2D eigenvalue weighted by Gasteiger charge is -2.27. The van der Waals surface area contributed by atoms with Gasteiger partial charge in [-0.05, 0) is 30.9 Å². The van der Waals surface area contributed by atoms with Crippen molar-refractivity contribution in [3.63, 3.8) is 0 Å². The fourth-order valence-electron chi connectivity index (χ4n) is 2.09. The van der Waals surface area contributed by atoms with E-state index in [4.69, 9.17) is 0 Å². The zero-order valence-corrected chi connectivity index (χ0v) is 8.14. The van der Waals surface area contributed by atoms with Gasteiger partial charge in [0.1, 0.15) is 0 Å². The van der Waals surface area contributed by atoms with Crippen LogP contribution in [0.25, 0.3) is 0 Å². The van der Waals surface area contributed by atoms with Gasteiger partial charge in [0.15, 0.2) is 15.6 Å². The van der Waals surface area contributed by atoms with Gasteiger partial charge < -0.3 is 0 Å². The van der Waals surface area contributed by atoms with E-state index in [0.29, 0.717) is 25.0 Å². The molecule has 3 nitrogen and oxygen atoms in total. The molecule has 0 radical (unpaired) electrons. The standard InChI is InChI=1S/C9H12O3S/c10-8-3-4-9-7(6-8)2-1-5-13(9,11)12/h6,9H,1-5H2. The summed E-state index contributed by atoms with van der Waals surface area (Å²) in [6.45, 7) is 0. The molecule has 0 bridgehead atoms. The van der Waals surface area contributed by atoms with E-state index < -0.39 is 9.84 Å². The van der Waals surface area contributed by atoms with Gasteiger partial charge in [-0.15, -0.1) is 0 Å². The Bertz CT molecular complexity index is 364. The summed E-state index contributed by atoms with van der Waals surface area (Å²) in [7, 11) is -2.93.